The highest BCUT2D eigenvalue weighted by Crippen LogP contribution is 2.28. The van der Waals surface area contributed by atoms with Gasteiger partial charge in [-0.15, -0.1) is 0 Å². The average Bonchev–Trinajstić information content (AvgIpc) is 2.34. The first kappa shape index (κ1) is 16.5. The van der Waals surface area contributed by atoms with Crippen LogP contribution in [0.3, 0.4) is 0 Å². The monoisotopic (exact) mass is 268 g/mol. The van der Waals surface area contributed by atoms with E-state index >= 15 is 0 Å². The molecule has 112 valence electrons. The van der Waals surface area contributed by atoms with Gasteiger partial charge in [0.2, 0.25) is 5.91 Å². The van der Waals surface area contributed by atoms with Crippen LogP contribution < -0.4 is 5.73 Å². The highest BCUT2D eigenvalue weighted by molar-refractivity contribution is 5.76. The Morgan fingerprint density at radius 3 is 2.26 bits per heavy atom. The second kappa shape index (κ2) is 6.74. The summed E-state index contributed by atoms with van der Waals surface area (Å²) in [6, 6.07) is 0.676. The standard InChI is InChI=1S/C16H32N2O/c1-12(16(2,3)4)18(5)15(19)11-8-13-6-9-14(17)10-7-13/h12-14H,6-11,17H2,1-5H3. The van der Waals surface area contributed by atoms with E-state index in [-0.39, 0.29) is 17.4 Å². The van der Waals surface area contributed by atoms with Crippen LogP contribution in [0.4, 0.5) is 0 Å². The molecule has 1 atom stereocenters. The second-order valence-corrected chi connectivity index (χ2v) is 7.37. The molecule has 1 fully saturated rings. The summed E-state index contributed by atoms with van der Waals surface area (Å²) in [5.41, 5.74) is 6.05. The number of nitrogens with zero attached hydrogens (tertiary/aromatic N) is 1. The summed E-state index contributed by atoms with van der Waals surface area (Å²) in [6.07, 6.45) is 6.39. The van der Waals surface area contributed by atoms with Crippen molar-refractivity contribution >= 4 is 5.91 Å². The quantitative estimate of drug-likeness (QED) is 0.851. The number of amides is 1. The summed E-state index contributed by atoms with van der Waals surface area (Å²) in [6.45, 7) is 8.69. The first-order valence-electron chi connectivity index (χ1n) is 7.73. The van der Waals surface area contributed by atoms with E-state index in [2.05, 4.69) is 27.7 Å². The molecule has 1 unspecified atom stereocenters. The van der Waals surface area contributed by atoms with Crippen molar-refractivity contribution in [2.24, 2.45) is 17.1 Å². The highest BCUT2D eigenvalue weighted by atomic mass is 16.2. The molecular formula is C16H32N2O. The van der Waals surface area contributed by atoms with Crippen LogP contribution in [0.2, 0.25) is 0 Å². The van der Waals surface area contributed by atoms with Gasteiger partial charge in [-0.1, -0.05) is 20.8 Å². The van der Waals surface area contributed by atoms with E-state index in [0.717, 1.165) is 19.3 Å². The number of nitrogens with two attached hydrogens (primary N) is 1. The maximum atomic E-state index is 12.2. The molecule has 0 spiro atoms. The van der Waals surface area contributed by atoms with Gasteiger partial charge in [0.15, 0.2) is 0 Å². The Morgan fingerprint density at radius 1 is 1.26 bits per heavy atom. The molecule has 0 bridgehead atoms. The smallest absolute Gasteiger partial charge is 0.222 e. The Labute approximate surface area is 118 Å². The van der Waals surface area contributed by atoms with E-state index in [9.17, 15) is 4.79 Å². The Balaban J connectivity index is 2.35. The number of carbonyl (C=O) groups excluding carboxylic acids is 1. The van der Waals surface area contributed by atoms with Gasteiger partial charge in [-0.2, -0.15) is 0 Å². The van der Waals surface area contributed by atoms with E-state index in [1.807, 2.05) is 11.9 Å². The molecule has 1 rings (SSSR count). The molecule has 1 aliphatic rings. The molecular weight excluding hydrogens is 236 g/mol. The van der Waals surface area contributed by atoms with Crippen molar-refractivity contribution in [3.8, 4) is 0 Å². The lowest BCUT2D eigenvalue weighted by atomic mass is 9.83. The Hall–Kier alpha value is -0.570. The maximum Gasteiger partial charge on any atom is 0.222 e. The van der Waals surface area contributed by atoms with Crippen molar-refractivity contribution in [1.82, 2.24) is 4.90 Å². The van der Waals surface area contributed by atoms with Gasteiger partial charge < -0.3 is 10.6 Å². The molecule has 0 heterocycles. The van der Waals surface area contributed by atoms with Gasteiger partial charge >= 0.3 is 0 Å². The topological polar surface area (TPSA) is 46.3 Å². The summed E-state index contributed by atoms with van der Waals surface area (Å²) in [7, 11) is 1.94. The van der Waals surface area contributed by atoms with Crippen LogP contribution in [-0.4, -0.2) is 29.9 Å². The summed E-state index contributed by atoms with van der Waals surface area (Å²) in [5.74, 6) is 0.999. The fourth-order valence-electron chi connectivity index (χ4n) is 2.78. The zero-order valence-corrected chi connectivity index (χ0v) is 13.4. The molecule has 3 heteroatoms. The molecule has 1 amide bonds. The Bertz CT molecular complexity index is 288. The zero-order chi connectivity index (χ0) is 14.6. The van der Waals surface area contributed by atoms with Crippen LogP contribution in [0.15, 0.2) is 0 Å². The molecule has 0 radical (unpaired) electrons. The van der Waals surface area contributed by atoms with Crippen LogP contribution in [0.5, 0.6) is 0 Å². The van der Waals surface area contributed by atoms with Crippen molar-refractivity contribution in [2.75, 3.05) is 7.05 Å². The highest BCUT2D eigenvalue weighted by Gasteiger charge is 2.27. The zero-order valence-electron chi connectivity index (χ0n) is 13.4. The maximum absolute atomic E-state index is 12.2. The minimum atomic E-state index is 0.141. The van der Waals surface area contributed by atoms with E-state index < -0.39 is 0 Å². The van der Waals surface area contributed by atoms with Gasteiger partial charge in [-0.05, 0) is 50.4 Å². The lowest BCUT2D eigenvalue weighted by molar-refractivity contribution is -0.134. The molecule has 1 saturated carbocycles. The third kappa shape index (κ3) is 5.13. The van der Waals surface area contributed by atoms with Crippen LogP contribution >= 0.6 is 0 Å². The summed E-state index contributed by atoms with van der Waals surface area (Å²) in [5, 5.41) is 0. The molecule has 0 aromatic rings. The van der Waals surface area contributed by atoms with Crippen molar-refractivity contribution in [3.63, 3.8) is 0 Å². The largest absolute Gasteiger partial charge is 0.343 e. The van der Waals surface area contributed by atoms with Gasteiger partial charge in [0, 0.05) is 25.6 Å². The molecule has 1 aliphatic carbocycles. The Kier molecular flexibility index (Phi) is 5.84. The third-order valence-electron chi connectivity index (χ3n) is 4.89. The van der Waals surface area contributed by atoms with Crippen LogP contribution in [-0.2, 0) is 4.79 Å². The predicted molar refractivity (Wildman–Crippen MR) is 80.9 cm³/mol. The number of rotatable bonds is 4. The summed E-state index contributed by atoms with van der Waals surface area (Å²) < 4.78 is 0. The van der Waals surface area contributed by atoms with Crippen molar-refractivity contribution in [3.05, 3.63) is 0 Å². The van der Waals surface area contributed by atoms with E-state index in [0.29, 0.717) is 18.4 Å². The van der Waals surface area contributed by atoms with E-state index in [1.165, 1.54) is 12.8 Å². The Morgan fingerprint density at radius 2 is 1.79 bits per heavy atom. The normalized spacial score (nSPS) is 26.0. The lowest BCUT2D eigenvalue weighted by Crippen LogP contribution is -2.43. The van der Waals surface area contributed by atoms with Gasteiger partial charge in [0.05, 0.1) is 0 Å². The van der Waals surface area contributed by atoms with Crippen LogP contribution in [0, 0.1) is 11.3 Å². The molecule has 0 saturated heterocycles. The fraction of sp³-hybridized carbons (Fsp3) is 0.938. The molecule has 0 aromatic heterocycles. The summed E-state index contributed by atoms with van der Waals surface area (Å²) in [4.78, 5) is 14.2. The van der Waals surface area contributed by atoms with Gasteiger partial charge in [0.1, 0.15) is 0 Å². The van der Waals surface area contributed by atoms with E-state index in [1.54, 1.807) is 0 Å². The SMILES string of the molecule is CC(N(C)C(=O)CCC1CCC(N)CC1)C(C)(C)C. The molecule has 0 aliphatic heterocycles. The average molecular weight is 268 g/mol. The predicted octanol–water partition coefficient (Wildman–Crippen LogP) is 3.18. The second-order valence-electron chi connectivity index (χ2n) is 7.37. The number of carbonyl (C=O) groups is 1. The van der Waals surface area contributed by atoms with Gasteiger partial charge in [0.25, 0.3) is 0 Å². The van der Waals surface area contributed by atoms with Crippen LogP contribution in [0.25, 0.3) is 0 Å². The lowest BCUT2D eigenvalue weighted by Gasteiger charge is -2.36. The van der Waals surface area contributed by atoms with Gasteiger partial charge in [-0.3, -0.25) is 4.79 Å². The minimum Gasteiger partial charge on any atom is -0.343 e. The molecule has 3 nitrogen and oxygen atoms in total. The first-order chi connectivity index (χ1) is 8.71. The molecule has 19 heavy (non-hydrogen) atoms. The minimum absolute atomic E-state index is 0.141. The summed E-state index contributed by atoms with van der Waals surface area (Å²) >= 11 is 0. The van der Waals surface area contributed by atoms with Crippen LogP contribution in [0.1, 0.15) is 66.2 Å². The van der Waals surface area contributed by atoms with Crippen molar-refractivity contribution in [1.29, 1.82) is 0 Å². The van der Waals surface area contributed by atoms with E-state index in [4.69, 9.17) is 5.73 Å². The molecule has 0 aromatic carbocycles. The van der Waals surface area contributed by atoms with Crippen molar-refractivity contribution in [2.45, 2.75) is 78.3 Å². The third-order valence-corrected chi connectivity index (χ3v) is 4.89. The van der Waals surface area contributed by atoms with Gasteiger partial charge in [-0.25, -0.2) is 0 Å². The molecule has 2 N–H and O–H groups in total. The first-order valence-corrected chi connectivity index (χ1v) is 7.73. The number of hydrogen-bond acceptors (Lipinski definition) is 2. The fourth-order valence-corrected chi connectivity index (χ4v) is 2.78. The number of hydrogen-bond donors (Lipinski definition) is 1. The van der Waals surface area contributed by atoms with Crippen molar-refractivity contribution < 1.29 is 4.79 Å².